The highest BCUT2D eigenvalue weighted by atomic mass is 32.2. The van der Waals surface area contributed by atoms with Crippen LogP contribution in [0.15, 0.2) is 53.1 Å². The van der Waals surface area contributed by atoms with Crippen molar-refractivity contribution < 1.29 is 17.9 Å². The lowest BCUT2D eigenvalue weighted by atomic mass is 9.97. The molecule has 1 aromatic rings. The van der Waals surface area contributed by atoms with Gasteiger partial charge in [-0.15, -0.1) is 0 Å². The minimum absolute atomic E-state index is 0.326. The molecule has 20 heavy (non-hydrogen) atoms. The van der Waals surface area contributed by atoms with Crippen LogP contribution in [0, 0.1) is 5.82 Å². The van der Waals surface area contributed by atoms with Gasteiger partial charge in [0.2, 0.25) is 0 Å². The van der Waals surface area contributed by atoms with Crippen molar-refractivity contribution in [2.45, 2.75) is 36.0 Å². The number of benzene rings is 1. The Morgan fingerprint density at radius 3 is 2.50 bits per heavy atom. The Kier molecular flexibility index (Phi) is 4.18. The summed E-state index contributed by atoms with van der Waals surface area (Å²) in [5.41, 5.74) is -0.142. The normalized spacial score (nSPS) is 22.4. The van der Waals surface area contributed by atoms with Gasteiger partial charge in [0.25, 0.3) is 0 Å². The van der Waals surface area contributed by atoms with Crippen LogP contribution in [0.3, 0.4) is 0 Å². The first-order valence-corrected chi connectivity index (χ1v) is 6.96. The van der Waals surface area contributed by atoms with Crippen LogP contribution in [0.25, 0.3) is 0 Å². The molecule has 5 heteroatoms. The Hall–Kier alpha value is -1.36. The molecule has 1 aliphatic rings. The first-order valence-electron chi connectivity index (χ1n) is 6.14. The van der Waals surface area contributed by atoms with Crippen LogP contribution in [0.2, 0.25) is 0 Å². The van der Waals surface area contributed by atoms with E-state index >= 15 is 0 Å². The molecular weight excluding hydrogens is 285 g/mol. The number of ether oxygens (including phenoxy) is 1. The molecule has 0 aliphatic carbocycles. The van der Waals surface area contributed by atoms with Gasteiger partial charge in [-0.25, -0.2) is 4.39 Å². The van der Waals surface area contributed by atoms with Crippen LogP contribution >= 0.6 is 11.8 Å². The van der Waals surface area contributed by atoms with Crippen LogP contribution < -0.4 is 0 Å². The van der Waals surface area contributed by atoms with Gasteiger partial charge in [-0.3, -0.25) is 0 Å². The fourth-order valence-corrected chi connectivity index (χ4v) is 3.05. The molecule has 0 aromatic heterocycles. The molecule has 1 aromatic carbocycles. The van der Waals surface area contributed by atoms with Crippen molar-refractivity contribution in [2.75, 3.05) is 0 Å². The number of alkyl halides is 2. The molecule has 0 bridgehead atoms. The average molecular weight is 300 g/mol. The lowest BCUT2D eigenvalue weighted by molar-refractivity contribution is -0.00825. The second-order valence-electron chi connectivity index (χ2n) is 4.99. The zero-order chi connectivity index (χ0) is 14.8. The molecule has 0 amide bonds. The van der Waals surface area contributed by atoms with Gasteiger partial charge in [0.1, 0.15) is 11.4 Å². The second kappa shape index (κ2) is 5.56. The summed E-state index contributed by atoms with van der Waals surface area (Å²) in [6, 6.07) is 5.03. The van der Waals surface area contributed by atoms with E-state index in [1.54, 1.807) is 19.1 Å². The van der Waals surface area contributed by atoms with Crippen molar-refractivity contribution >= 4 is 11.8 Å². The maximum absolute atomic E-state index is 14.1. The molecule has 0 N–H and O–H groups in total. The topological polar surface area (TPSA) is 9.23 Å². The zero-order valence-corrected chi connectivity index (χ0v) is 12.0. The molecule has 1 aliphatic heterocycles. The fourth-order valence-electron chi connectivity index (χ4n) is 2.07. The number of rotatable bonds is 4. The van der Waals surface area contributed by atoms with Gasteiger partial charge in [0.15, 0.2) is 0 Å². The number of hydrogen-bond acceptors (Lipinski definition) is 2. The quantitative estimate of drug-likeness (QED) is 0.711. The smallest absolute Gasteiger partial charge is 0.302 e. The molecule has 1 atom stereocenters. The van der Waals surface area contributed by atoms with Crippen molar-refractivity contribution in [1.82, 2.24) is 0 Å². The summed E-state index contributed by atoms with van der Waals surface area (Å²) >= 11 is 0.415. The second-order valence-corrected chi connectivity index (χ2v) is 6.26. The van der Waals surface area contributed by atoms with E-state index in [1.807, 2.05) is 6.92 Å². The fraction of sp³-hybridized carbons (Fsp3) is 0.333. The van der Waals surface area contributed by atoms with Gasteiger partial charge in [-0.05, 0) is 55.8 Å². The Morgan fingerprint density at radius 2 is 1.90 bits per heavy atom. The summed E-state index contributed by atoms with van der Waals surface area (Å²) in [6.07, 6.45) is 4.40. The molecule has 1 unspecified atom stereocenters. The van der Waals surface area contributed by atoms with E-state index < -0.39 is 23.1 Å². The maximum Gasteiger partial charge on any atom is 0.302 e. The largest absolute Gasteiger partial charge is 0.491 e. The standard InChI is InChI=1S/C15H15F3OS/c1-11-7-8-19-14(2,9-11)10-15(17,18)20-13-5-3-12(16)4-6-13/h3-9H,10H2,1-2H3. The van der Waals surface area contributed by atoms with Gasteiger partial charge >= 0.3 is 5.25 Å². The van der Waals surface area contributed by atoms with E-state index in [0.29, 0.717) is 16.7 Å². The molecule has 2 rings (SSSR count). The third kappa shape index (κ3) is 4.07. The number of thioether (sulfide) groups is 1. The zero-order valence-electron chi connectivity index (χ0n) is 11.2. The molecule has 0 radical (unpaired) electrons. The lowest BCUT2D eigenvalue weighted by Crippen LogP contribution is -2.33. The number of hydrogen-bond donors (Lipinski definition) is 0. The highest BCUT2D eigenvalue weighted by Crippen LogP contribution is 2.43. The predicted octanol–water partition coefficient (Wildman–Crippen LogP) is 5.15. The van der Waals surface area contributed by atoms with Crippen molar-refractivity contribution in [3.63, 3.8) is 0 Å². The number of allylic oxidation sites excluding steroid dienone is 2. The SMILES string of the molecule is CC1=CC(C)(CC(F)(F)Sc2ccc(F)cc2)OC=C1. The van der Waals surface area contributed by atoms with Gasteiger partial charge in [-0.1, -0.05) is 11.8 Å². The van der Waals surface area contributed by atoms with E-state index in [1.165, 1.54) is 30.5 Å². The Balaban J connectivity index is 2.07. The summed E-state index contributed by atoms with van der Waals surface area (Å²) in [6.45, 7) is 3.46. The van der Waals surface area contributed by atoms with Crippen molar-refractivity contribution in [3.05, 3.63) is 54.1 Å². The Morgan fingerprint density at radius 1 is 1.25 bits per heavy atom. The third-order valence-electron chi connectivity index (χ3n) is 2.84. The van der Waals surface area contributed by atoms with Crippen LogP contribution in [0.5, 0.6) is 0 Å². The highest BCUT2D eigenvalue weighted by Gasteiger charge is 2.41. The Bertz CT molecular complexity index is 537. The summed E-state index contributed by atoms with van der Waals surface area (Å²) in [7, 11) is 0. The van der Waals surface area contributed by atoms with Gasteiger partial charge in [-0.2, -0.15) is 8.78 Å². The van der Waals surface area contributed by atoms with Gasteiger partial charge in [0.05, 0.1) is 12.7 Å². The predicted molar refractivity (Wildman–Crippen MR) is 74.2 cm³/mol. The summed E-state index contributed by atoms with van der Waals surface area (Å²) in [5, 5.41) is -3.01. The molecule has 0 fully saturated rings. The van der Waals surface area contributed by atoms with Gasteiger partial charge < -0.3 is 4.74 Å². The Labute approximate surface area is 120 Å². The summed E-state index contributed by atoms with van der Waals surface area (Å²) in [4.78, 5) is 0.326. The van der Waals surface area contributed by atoms with E-state index in [2.05, 4.69) is 0 Å². The first kappa shape index (κ1) is 15.0. The molecular formula is C15H15F3OS. The van der Waals surface area contributed by atoms with E-state index in [-0.39, 0.29) is 0 Å². The molecule has 108 valence electrons. The van der Waals surface area contributed by atoms with Gasteiger partial charge in [0, 0.05) is 4.90 Å². The van der Waals surface area contributed by atoms with Crippen LogP contribution in [-0.4, -0.2) is 10.9 Å². The minimum atomic E-state index is -3.01. The van der Waals surface area contributed by atoms with E-state index in [0.717, 1.165) is 5.57 Å². The lowest BCUT2D eigenvalue weighted by Gasteiger charge is -2.32. The van der Waals surface area contributed by atoms with Crippen molar-refractivity contribution in [2.24, 2.45) is 0 Å². The molecule has 1 heterocycles. The first-order chi connectivity index (χ1) is 9.28. The highest BCUT2D eigenvalue weighted by molar-refractivity contribution is 8.00. The summed E-state index contributed by atoms with van der Waals surface area (Å²) in [5.74, 6) is -0.441. The number of halogens is 3. The summed E-state index contributed by atoms with van der Waals surface area (Å²) < 4.78 is 46.3. The molecule has 0 saturated heterocycles. The third-order valence-corrected chi connectivity index (χ3v) is 3.79. The van der Waals surface area contributed by atoms with Crippen molar-refractivity contribution in [3.8, 4) is 0 Å². The maximum atomic E-state index is 14.1. The van der Waals surface area contributed by atoms with Crippen LogP contribution in [-0.2, 0) is 4.74 Å². The van der Waals surface area contributed by atoms with Crippen molar-refractivity contribution in [1.29, 1.82) is 0 Å². The minimum Gasteiger partial charge on any atom is -0.491 e. The molecule has 0 saturated carbocycles. The van der Waals surface area contributed by atoms with Crippen LogP contribution in [0.1, 0.15) is 20.3 Å². The van der Waals surface area contributed by atoms with Crippen LogP contribution in [0.4, 0.5) is 13.2 Å². The van der Waals surface area contributed by atoms with E-state index in [4.69, 9.17) is 4.74 Å². The average Bonchev–Trinajstić information content (AvgIpc) is 2.30. The molecule has 1 nitrogen and oxygen atoms in total. The van der Waals surface area contributed by atoms with E-state index in [9.17, 15) is 13.2 Å². The monoisotopic (exact) mass is 300 g/mol. The molecule has 0 spiro atoms.